The monoisotopic (exact) mass is 371 g/mol. The summed E-state index contributed by atoms with van der Waals surface area (Å²) in [6.07, 6.45) is 0. The summed E-state index contributed by atoms with van der Waals surface area (Å²) in [5.74, 6) is -3.07. The highest BCUT2D eigenvalue weighted by molar-refractivity contribution is 6.40. The number of aromatic nitrogens is 1. The van der Waals surface area contributed by atoms with E-state index in [2.05, 4.69) is 5.32 Å². The Kier molecular flexibility index (Phi) is 5.75. The molecule has 1 aromatic carbocycles. The molecule has 27 heavy (non-hydrogen) atoms. The number of nitrogens with zero attached hydrogens (tertiary/aromatic N) is 2. The van der Waals surface area contributed by atoms with E-state index in [-0.39, 0.29) is 29.1 Å². The minimum Gasteiger partial charge on any atom is -0.460 e. The molecule has 0 atom stereocenters. The fraction of sp³-hybridized carbons (Fsp3) is 0.263. The molecular formula is C19H18FN3O4. The van der Waals surface area contributed by atoms with Gasteiger partial charge in [-0.1, -0.05) is 0 Å². The molecule has 8 heteroatoms. The van der Waals surface area contributed by atoms with Gasteiger partial charge in [-0.2, -0.15) is 5.26 Å². The Morgan fingerprint density at radius 1 is 1.30 bits per heavy atom. The molecule has 0 aliphatic rings. The Labute approximate surface area is 155 Å². The van der Waals surface area contributed by atoms with E-state index in [0.29, 0.717) is 11.3 Å². The van der Waals surface area contributed by atoms with Gasteiger partial charge < -0.3 is 14.6 Å². The number of amides is 1. The van der Waals surface area contributed by atoms with E-state index in [4.69, 9.17) is 10.00 Å². The molecule has 0 saturated carbocycles. The maximum atomic E-state index is 13.4. The van der Waals surface area contributed by atoms with E-state index >= 15 is 0 Å². The lowest BCUT2D eigenvalue weighted by molar-refractivity contribution is -0.137. The van der Waals surface area contributed by atoms with Crippen molar-refractivity contribution in [3.05, 3.63) is 52.1 Å². The number of hydrogen-bond acceptors (Lipinski definition) is 5. The van der Waals surface area contributed by atoms with Crippen LogP contribution in [0.15, 0.2) is 18.2 Å². The van der Waals surface area contributed by atoms with E-state index in [1.165, 1.54) is 16.7 Å². The van der Waals surface area contributed by atoms with Gasteiger partial charge in [0.05, 0.1) is 17.7 Å². The molecule has 1 amide bonds. The van der Waals surface area contributed by atoms with Crippen LogP contribution >= 0.6 is 0 Å². The first-order chi connectivity index (χ1) is 12.7. The Hall–Kier alpha value is -3.47. The van der Waals surface area contributed by atoms with Gasteiger partial charge >= 0.3 is 5.97 Å². The maximum Gasteiger partial charge on any atom is 0.381 e. The fourth-order valence-corrected chi connectivity index (χ4v) is 2.81. The highest BCUT2D eigenvalue weighted by Gasteiger charge is 2.29. The smallest absolute Gasteiger partial charge is 0.381 e. The molecule has 2 aromatic rings. The van der Waals surface area contributed by atoms with Crippen LogP contribution in [0.4, 0.5) is 10.1 Å². The first kappa shape index (κ1) is 19.8. The molecule has 0 aliphatic heterocycles. The van der Waals surface area contributed by atoms with Crippen molar-refractivity contribution in [1.29, 1.82) is 5.26 Å². The van der Waals surface area contributed by atoms with E-state index in [0.717, 1.165) is 6.07 Å². The summed E-state index contributed by atoms with van der Waals surface area (Å²) in [5, 5.41) is 11.5. The number of nitriles is 1. The van der Waals surface area contributed by atoms with Gasteiger partial charge in [0.1, 0.15) is 17.6 Å². The number of Topliss-reactive ketones (excluding diaryl/α,β-unsaturated/α-hetero) is 1. The summed E-state index contributed by atoms with van der Waals surface area (Å²) in [7, 11) is 1.57. The molecule has 7 nitrogen and oxygen atoms in total. The van der Waals surface area contributed by atoms with E-state index in [1.54, 1.807) is 33.9 Å². The second-order valence-corrected chi connectivity index (χ2v) is 5.80. The molecule has 140 valence electrons. The maximum absolute atomic E-state index is 13.4. The van der Waals surface area contributed by atoms with Crippen LogP contribution in [-0.2, 0) is 16.6 Å². The number of hydrogen-bond donors (Lipinski definition) is 1. The number of benzene rings is 1. The van der Waals surface area contributed by atoms with Gasteiger partial charge in [-0.15, -0.1) is 0 Å². The van der Waals surface area contributed by atoms with Crippen molar-refractivity contribution in [2.24, 2.45) is 7.05 Å². The summed E-state index contributed by atoms with van der Waals surface area (Å²) in [6.45, 7) is 4.84. The number of rotatable bonds is 5. The zero-order valence-corrected chi connectivity index (χ0v) is 15.3. The van der Waals surface area contributed by atoms with Crippen LogP contribution in [-0.4, -0.2) is 28.8 Å². The fourth-order valence-electron chi connectivity index (χ4n) is 2.81. The van der Waals surface area contributed by atoms with E-state index in [9.17, 15) is 18.8 Å². The van der Waals surface area contributed by atoms with Crippen LogP contribution < -0.4 is 5.32 Å². The van der Waals surface area contributed by atoms with Crippen molar-refractivity contribution >= 4 is 23.3 Å². The second-order valence-electron chi connectivity index (χ2n) is 5.80. The van der Waals surface area contributed by atoms with Gasteiger partial charge in [-0.3, -0.25) is 9.59 Å². The molecule has 1 aromatic heterocycles. The number of carbonyl (C=O) groups is 3. The SMILES string of the molecule is CCOC(=O)C(=O)c1c(C)c(C(=O)Nc2ccc(F)c(C#N)c2)c(C)n1C. The molecular weight excluding hydrogens is 353 g/mol. The summed E-state index contributed by atoms with van der Waals surface area (Å²) < 4.78 is 19.6. The van der Waals surface area contributed by atoms with Gasteiger partial charge in [-0.25, -0.2) is 9.18 Å². The summed E-state index contributed by atoms with van der Waals surface area (Å²) in [5.41, 5.74) is 1.11. The quantitative estimate of drug-likeness (QED) is 0.495. The van der Waals surface area contributed by atoms with Crippen LogP contribution in [0.5, 0.6) is 0 Å². The molecule has 0 bridgehead atoms. The van der Waals surface area contributed by atoms with Crippen LogP contribution in [0, 0.1) is 31.0 Å². The van der Waals surface area contributed by atoms with Gasteiger partial charge in [-0.05, 0) is 44.5 Å². The standard InChI is InChI=1S/C19H18FN3O4/c1-5-27-19(26)17(24)16-10(2)15(11(3)23(16)4)18(25)22-13-6-7-14(20)12(8-13)9-21/h6-8H,5H2,1-4H3,(H,22,25). The zero-order chi connectivity index (χ0) is 20.3. The predicted octanol–water partition coefficient (Wildman–Crippen LogP) is 2.65. The third kappa shape index (κ3) is 3.72. The zero-order valence-electron chi connectivity index (χ0n) is 15.3. The van der Waals surface area contributed by atoms with Gasteiger partial charge in [0, 0.05) is 18.4 Å². The Morgan fingerprint density at radius 3 is 2.56 bits per heavy atom. The number of esters is 1. The lowest BCUT2D eigenvalue weighted by Crippen LogP contribution is -2.21. The summed E-state index contributed by atoms with van der Waals surface area (Å²) in [6, 6.07) is 5.32. The normalized spacial score (nSPS) is 10.2. The number of nitrogens with one attached hydrogen (secondary N) is 1. The molecule has 0 spiro atoms. The summed E-state index contributed by atoms with van der Waals surface area (Å²) in [4.78, 5) is 36.8. The third-order valence-corrected chi connectivity index (χ3v) is 4.18. The lowest BCUT2D eigenvalue weighted by Gasteiger charge is -2.07. The number of anilines is 1. The molecule has 0 unspecified atom stereocenters. The van der Waals surface area contributed by atoms with Crippen molar-refractivity contribution in [2.75, 3.05) is 11.9 Å². The Balaban J connectivity index is 2.40. The minimum atomic E-state index is -0.995. The minimum absolute atomic E-state index is 0.0617. The van der Waals surface area contributed by atoms with Crippen LogP contribution in [0.3, 0.4) is 0 Å². The van der Waals surface area contributed by atoms with E-state index < -0.39 is 23.5 Å². The van der Waals surface area contributed by atoms with Crippen LogP contribution in [0.2, 0.25) is 0 Å². The van der Waals surface area contributed by atoms with Crippen molar-refractivity contribution in [3.8, 4) is 6.07 Å². The lowest BCUT2D eigenvalue weighted by atomic mass is 10.1. The van der Waals surface area contributed by atoms with Crippen molar-refractivity contribution in [1.82, 2.24) is 4.57 Å². The first-order valence-corrected chi connectivity index (χ1v) is 8.11. The largest absolute Gasteiger partial charge is 0.460 e. The van der Waals surface area contributed by atoms with Crippen LogP contribution in [0.1, 0.15) is 44.6 Å². The number of ether oxygens (including phenoxy) is 1. The average Bonchev–Trinajstić information content (AvgIpc) is 2.85. The van der Waals surface area contributed by atoms with Crippen LogP contribution in [0.25, 0.3) is 0 Å². The Morgan fingerprint density at radius 2 is 1.96 bits per heavy atom. The number of ketones is 1. The topological polar surface area (TPSA) is 101 Å². The predicted molar refractivity (Wildman–Crippen MR) is 94.9 cm³/mol. The third-order valence-electron chi connectivity index (χ3n) is 4.18. The Bertz CT molecular complexity index is 986. The van der Waals surface area contributed by atoms with Gasteiger partial charge in [0.2, 0.25) is 0 Å². The average molecular weight is 371 g/mol. The van der Waals surface area contributed by atoms with Crippen molar-refractivity contribution in [3.63, 3.8) is 0 Å². The van der Waals surface area contributed by atoms with Crippen molar-refractivity contribution < 1.29 is 23.5 Å². The number of carbonyl (C=O) groups excluding carboxylic acids is 3. The van der Waals surface area contributed by atoms with Gasteiger partial charge in [0.25, 0.3) is 11.7 Å². The highest BCUT2D eigenvalue weighted by Crippen LogP contribution is 2.24. The van der Waals surface area contributed by atoms with E-state index in [1.807, 2.05) is 0 Å². The molecule has 0 fully saturated rings. The molecule has 0 aliphatic carbocycles. The first-order valence-electron chi connectivity index (χ1n) is 8.11. The molecule has 0 saturated heterocycles. The molecule has 1 N–H and O–H groups in total. The molecule has 0 radical (unpaired) electrons. The molecule has 2 rings (SSSR count). The second kappa shape index (κ2) is 7.83. The molecule has 1 heterocycles. The highest BCUT2D eigenvalue weighted by atomic mass is 19.1. The van der Waals surface area contributed by atoms with Gasteiger partial charge in [0.15, 0.2) is 0 Å². The van der Waals surface area contributed by atoms with Crippen molar-refractivity contribution in [2.45, 2.75) is 20.8 Å². The number of halogens is 1. The summed E-state index contributed by atoms with van der Waals surface area (Å²) >= 11 is 0.